The number of likely N-dealkylation sites (N-methyl/N-ethyl adjacent to an activating group) is 1. The summed E-state index contributed by atoms with van der Waals surface area (Å²) in [5.41, 5.74) is 0.258. The quantitative estimate of drug-likeness (QED) is 0.661. The summed E-state index contributed by atoms with van der Waals surface area (Å²) >= 11 is 0. The molecule has 3 heterocycles. The lowest BCUT2D eigenvalue weighted by Gasteiger charge is -2.42. The number of fused-ring (bicyclic) bond motifs is 1. The summed E-state index contributed by atoms with van der Waals surface area (Å²) in [6.07, 6.45) is -1.52. The maximum absolute atomic E-state index is 12.6. The van der Waals surface area contributed by atoms with Gasteiger partial charge < -0.3 is 25.0 Å². The van der Waals surface area contributed by atoms with Crippen LogP contribution in [0.4, 0.5) is 30.6 Å². The molecule has 10 nitrogen and oxygen atoms in total. The van der Waals surface area contributed by atoms with Crippen molar-refractivity contribution in [2.75, 3.05) is 36.3 Å². The second-order valence-corrected chi connectivity index (χ2v) is 8.34. The van der Waals surface area contributed by atoms with E-state index >= 15 is 0 Å². The van der Waals surface area contributed by atoms with Gasteiger partial charge in [0.2, 0.25) is 11.8 Å². The zero-order valence-corrected chi connectivity index (χ0v) is 18.5. The van der Waals surface area contributed by atoms with Crippen LogP contribution >= 0.6 is 0 Å². The molecule has 1 aliphatic carbocycles. The van der Waals surface area contributed by atoms with Gasteiger partial charge in [0.05, 0.1) is 24.7 Å². The minimum absolute atomic E-state index is 0.0247. The molecule has 0 spiro atoms. The fourth-order valence-electron chi connectivity index (χ4n) is 3.77. The fraction of sp³-hybridized carbons (Fsp3) is 0.550. The van der Waals surface area contributed by atoms with E-state index in [0.29, 0.717) is 36.0 Å². The van der Waals surface area contributed by atoms with Gasteiger partial charge >= 0.3 is 6.18 Å². The molecule has 1 atom stereocenters. The first-order valence-electron chi connectivity index (χ1n) is 10.3. The van der Waals surface area contributed by atoms with Crippen molar-refractivity contribution in [1.82, 2.24) is 19.9 Å². The molecular weight excluding hydrogens is 443 g/mol. The number of nitrogens with zero attached hydrogens (tertiary/aromatic N) is 5. The van der Waals surface area contributed by atoms with E-state index in [9.17, 15) is 18.0 Å². The third kappa shape index (κ3) is 4.36. The molecular formula is C20H24F3N7O3. The van der Waals surface area contributed by atoms with Crippen molar-refractivity contribution < 1.29 is 27.4 Å². The predicted octanol–water partition coefficient (Wildman–Crippen LogP) is 2.41. The second-order valence-electron chi connectivity index (χ2n) is 8.34. The van der Waals surface area contributed by atoms with Gasteiger partial charge in [-0.15, -0.1) is 0 Å². The summed E-state index contributed by atoms with van der Waals surface area (Å²) in [4.78, 5) is 30.0. The highest BCUT2D eigenvalue weighted by atomic mass is 19.4. The molecule has 13 heteroatoms. The maximum Gasteiger partial charge on any atom is 0.451 e. The van der Waals surface area contributed by atoms with Crippen molar-refractivity contribution in [1.29, 1.82) is 0 Å². The van der Waals surface area contributed by atoms with Crippen LogP contribution in [0, 0.1) is 6.92 Å². The monoisotopic (exact) mass is 467 g/mol. The molecule has 178 valence electrons. The number of aryl methyl sites for hydroxylation is 1. The minimum Gasteiger partial charge on any atom is -0.487 e. The Kier molecular flexibility index (Phi) is 5.76. The van der Waals surface area contributed by atoms with Gasteiger partial charge in [-0.2, -0.15) is 18.2 Å². The van der Waals surface area contributed by atoms with Gasteiger partial charge in [0.15, 0.2) is 11.6 Å². The van der Waals surface area contributed by atoms with Crippen molar-refractivity contribution in [3.05, 3.63) is 23.9 Å². The Morgan fingerprint density at radius 2 is 1.94 bits per heavy atom. The van der Waals surface area contributed by atoms with Gasteiger partial charge in [0, 0.05) is 33.0 Å². The summed E-state index contributed by atoms with van der Waals surface area (Å²) in [5.74, 6) is -0.223. The average Bonchev–Trinajstić information content (AvgIpc) is 2.72. The molecule has 33 heavy (non-hydrogen) atoms. The number of rotatable bonds is 6. The van der Waals surface area contributed by atoms with Crippen molar-refractivity contribution in [3.8, 4) is 5.75 Å². The van der Waals surface area contributed by atoms with Crippen molar-refractivity contribution in [3.63, 3.8) is 0 Å². The van der Waals surface area contributed by atoms with Gasteiger partial charge in [-0.05, 0) is 13.8 Å². The molecule has 0 saturated heterocycles. The number of methoxy groups -OCH3 is 1. The Bertz CT molecular complexity index is 1040. The van der Waals surface area contributed by atoms with E-state index in [1.54, 1.807) is 25.8 Å². The number of anilines is 3. The number of aromatic nitrogens is 4. The zero-order chi connectivity index (χ0) is 24.0. The number of carbonyl (C=O) groups is 1. The van der Waals surface area contributed by atoms with E-state index in [1.165, 1.54) is 7.11 Å². The lowest BCUT2D eigenvalue weighted by Crippen LogP contribution is -2.59. The first-order chi connectivity index (χ1) is 15.5. The Hall–Kier alpha value is -3.22. The SMILES string of the molecule is COC[C@]1(C)C(=O)Nc2c(C)nc(NC3CC(Oc4cnc(C(F)(F)F)nc4)C3)nc2N1C. The second kappa shape index (κ2) is 8.28. The number of hydrogen-bond acceptors (Lipinski definition) is 9. The Morgan fingerprint density at radius 1 is 1.27 bits per heavy atom. The molecule has 0 aromatic carbocycles. The lowest BCUT2D eigenvalue weighted by molar-refractivity contribution is -0.145. The van der Waals surface area contributed by atoms with Crippen LogP contribution in [0.3, 0.4) is 0 Å². The van der Waals surface area contributed by atoms with Gasteiger partial charge in [-0.25, -0.2) is 15.0 Å². The van der Waals surface area contributed by atoms with Crippen LogP contribution in [0.25, 0.3) is 0 Å². The summed E-state index contributed by atoms with van der Waals surface area (Å²) in [7, 11) is 3.32. The standard InChI is InChI=1S/C20H24F3N7O3/c1-10-14-15(30(3)19(2,9-32-4)17(31)28-14)29-18(26-10)27-11-5-12(6-11)33-13-7-24-16(25-8-13)20(21,22)23/h7-8,11-12H,5-6,9H2,1-4H3,(H,28,31)(H,26,27,29)/t11?,12?,19-/m1/s1. The van der Waals surface area contributed by atoms with Crippen LogP contribution in [-0.4, -0.2) is 64.3 Å². The third-order valence-electron chi connectivity index (χ3n) is 5.89. The first-order valence-corrected chi connectivity index (χ1v) is 10.3. The molecule has 1 saturated carbocycles. The smallest absolute Gasteiger partial charge is 0.451 e. The number of amides is 1. The molecule has 4 rings (SSSR count). The summed E-state index contributed by atoms with van der Waals surface area (Å²) in [6.45, 7) is 3.75. The number of ether oxygens (including phenoxy) is 2. The van der Waals surface area contributed by atoms with E-state index in [-0.39, 0.29) is 30.4 Å². The van der Waals surface area contributed by atoms with Crippen LogP contribution in [0.1, 0.15) is 31.3 Å². The number of alkyl halides is 3. The van der Waals surface area contributed by atoms with Gasteiger partial charge in [-0.1, -0.05) is 0 Å². The van der Waals surface area contributed by atoms with Crippen molar-refractivity contribution in [2.45, 2.75) is 50.6 Å². The molecule has 2 N–H and O–H groups in total. The van der Waals surface area contributed by atoms with Crippen LogP contribution in [0.5, 0.6) is 5.75 Å². The topological polar surface area (TPSA) is 114 Å². The summed E-state index contributed by atoms with van der Waals surface area (Å²) in [5, 5.41) is 6.13. The molecule has 1 aliphatic heterocycles. The highest BCUT2D eigenvalue weighted by Crippen LogP contribution is 2.37. The van der Waals surface area contributed by atoms with Crippen molar-refractivity contribution >= 4 is 23.4 Å². The number of carbonyl (C=O) groups excluding carboxylic acids is 1. The van der Waals surface area contributed by atoms with E-state index in [2.05, 4.69) is 30.6 Å². The van der Waals surface area contributed by atoms with E-state index in [4.69, 9.17) is 9.47 Å². The largest absolute Gasteiger partial charge is 0.487 e. The molecule has 0 unspecified atom stereocenters. The summed E-state index contributed by atoms with van der Waals surface area (Å²) in [6, 6.07) is 0.0247. The van der Waals surface area contributed by atoms with Crippen LogP contribution in [0.2, 0.25) is 0 Å². The first kappa shape index (κ1) is 23.0. The molecule has 2 aromatic rings. The maximum atomic E-state index is 12.6. The summed E-state index contributed by atoms with van der Waals surface area (Å²) < 4.78 is 48.6. The molecule has 0 bridgehead atoms. The van der Waals surface area contributed by atoms with Crippen LogP contribution in [-0.2, 0) is 15.7 Å². The Morgan fingerprint density at radius 3 is 2.55 bits per heavy atom. The molecule has 1 amide bonds. The highest BCUT2D eigenvalue weighted by Gasteiger charge is 2.44. The van der Waals surface area contributed by atoms with Crippen LogP contribution in [0.15, 0.2) is 12.4 Å². The fourth-order valence-corrected chi connectivity index (χ4v) is 3.77. The van der Waals surface area contributed by atoms with E-state index in [0.717, 1.165) is 12.4 Å². The highest BCUT2D eigenvalue weighted by molar-refractivity contribution is 6.06. The molecule has 0 radical (unpaired) electrons. The van der Waals surface area contributed by atoms with E-state index in [1.807, 2.05) is 0 Å². The molecule has 1 fully saturated rings. The normalized spacial score (nSPS) is 24.6. The van der Waals surface area contributed by atoms with Gasteiger partial charge in [0.1, 0.15) is 17.3 Å². The molecule has 2 aliphatic rings. The average molecular weight is 467 g/mol. The van der Waals surface area contributed by atoms with Gasteiger partial charge in [-0.3, -0.25) is 4.79 Å². The molecule has 2 aromatic heterocycles. The lowest BCUT2D eigenvalue weighted by atomic mass is 9.89. The van der Waals surface area contributed by atoms with Crippen molar-refractivity contribution in [2.24, 2.45) is 0 Å². The van der Waals surface area contributed by atoms with Gasteiger partial charge in [0.25, 0.3) is 5.91 Å². The number of nitrogens with one attached hydrogen (secondary N) is 2. The Labute approximate surface area is 187 Å². The number of halogens is 3. The minimum atomic E-state index is -4.59. The van der Waals surface area contributed by atoms with E-state index < -0.39 is 17.5 Å². The Balaban J connectivity index is 1.39. The van der Waals surface area contributed by atoms with Crippen LogP contribution < -0.4 is 20.3 Å². The predicted molar refractivity (Wildman–Crippen MR) is 112 cm³/mol. The third-order valence-corrected chi connectivity index (χ3v) is 5.89. The number of hydrogen-bond donors (Lipinski definition) is 2. The zero-order valence-electron chi connectivity index (χ0n) is 18.5.